The predicted octanol–water partition coefficient (Wildman–Crippen LogP) is 3.15. The Morgan fingerprint density at radius 1 is 1.53 bits per heavy atom. The van der Waals surface area contributed by atoms with Crippen molar-refractivity contribution in [1.82, 2.24) is 15.0 Å². The average Bonchev–Trinajstić information content (AvgIpc) is 2.84. The summed E-state index contributed by atoms with van der Waals surface area (Å²) < 4.78 is 2.69. The maximum absolute atomic E-state index is 11.2. The summed E-state index contributed by atoms with van der Waals surface area (Å²) >= 11 is 5.00. The summed E-state index contributed by atoms with van der Waals surface area (Å²) in [6, 6.07) is 2.00. The number of halogens is 1. The molecular formula is C12H14BrN3O2S. The van der Waals surface area contributed by atoms with Gasteiger partial charge in [-0.05, 0) is 22.0 Å². The molecule has 0 radical (unpaired) electrons. The van der Waals surface area contributed by atoms with Crippen LogP contribution in [0, 0.1) is 0 Å². The molecule has 19 heavy (non-hydrogen) atoms. The van der Waals surface area contributed by atoms with Crippen LogP contribution in [-0.4, -0.2) is 26.1 Å². The second-order valence-electron chi connectivity index (χ2n) is 5.23. The number of carboxylic acids is 1. The molecule has 5 nitrogen and oxygen atoms in total. The molecule has 0 spiro atoms. The lowest BCUT2D eigenvalue weighted by atomic mass is 9.90. The van der Waals surface area contributed by atoms with Gasteiger partial charge in [-0.1, -0.05) is 26.0 Å². The van der Waals surface area contributed by atoms with Crippen molar-refractivity contribution in [2.24, 2.45) is 0 Å². The van der Waals surface area contributed by atoms with E-state index in [9.17, 15) is 9.90 Å². The second kappa shape index (κ2) is 5.05. The van der Waals surface area contributed by atoms with E-state index < -0.39 is 5.97 Å². The van der Waals surface area contributed by atoms with Gasteiger partial charge in [0.2, 0.25) is 0 Å². The molecule has 102 valence electrons. The number of aromatic nitrogens is 3. The van der Waals surface area contributed by atoms with Crippen molar-refractivity contribution < 1.29 is 9.90 Å². The van der Waals surface area contributed by atoms with Crippen molar-refractivity contribution in [2.75, 3.05) is 0 Å². The molecule has 2 aromatic heterocycles. The van der Waals surface area contributed by atoms with Gasteiger partial charge in [0.05, 0.1) is 12.2 Å². The zero-order valence-electron chi connectivity index (χ0n) is 10.8. The summed E-state index contributed by atoms with van der Waals surface area (Å²) in [5.41, 5.74) is 0.346. The molecule has 0 saturated carbocycles. The molecule has 1 N–H and O–H groups in total. The summed E-state index contributed by atoms with van der Waals surface area (Å²) in [5, 5.41) is 19.0. The lowest BCUT2D eigenvalue weighted by Gasteiger charge is -2.20. The van der Waals surface area contributed by atoms with Gasteiger partial charge in [0.15, 0.2) is 5.69 Å². The molecule has 0 aliphatic carbocycles. The van der Waals surface area contributed by atoms with Crippen LogP contribution in [0.15, 0.2) is 15.9 Å². The smallest absolute Gasteiger partial charge is 0.358 e. The number of aromatic carboxylic acids is 1. The zero-order chi connectivity index (χ0) is 14.2. The molecule has 0 aliphatic heterocycles. The van der Waals surface area contributed by atoms with Gasteiger partial charge in [0.1, 0.15) is 0 Å². The van der Waals surface area contributed by atoms with Crippen molar-refractivity contribution in [3.8, 4) is 0 Å². The molecule has 0 fully saturated rings. The van der Waals surface area contributed by atoms with Crippen molar-refractivity contribution in [3.05, 3.63) is 32.2 Å². The average molecular weight is 344 g/mol. The molecule has 0 atom stereocenters. The van der Waals surface area contributed by atoms with Gasteiger partial charge in [-0.15, -0.1) is 16.4 Å². The lowest BCUT2D eigenvalue weighted by molar-refractivity contribution is 0.0687. The standard InChI is InChI=1S/C12H14BrN3O2S/c1-12(2,3)10-9(11(17)18)14-15-16(10)5-8-4-7(13)6-19-8/h4,6H,5H2,1-3H3,(H,17,18). The van der Waals surface area contributed by atoms with Gasteiger partial charge in [-0.3, -0.25) is 0 Å². The highest BCUT2D eigenvalue weighted by Crippen LogP contribution is 2.27. The molecule has 0 saturated heterocycles. The minimum atomic E-state index is -1.04. The molecule has 0 unspecified atom stereocenters. The first-order valence-corrected chi connectivity index (χ1v) is 7.36. The summed E-state index contributed by atoms with van der Waals surface area (Å²) in [7, 11) is 0. The van der Waals surface area contributed by atoms with Gasteiger partial charge >= 0.3 is 5.97 Å². The predicted molar refractivity (Wildman–Crippen MR) is 76.8 cm³/mol. The van der Waals surface area contributed by atoms with Crippen molar-refractivity contribution in [1.29, 1.82) is 0 Å². The monoisotopic (exact) mass is 343 g/mol. The summed E-state index contributed by atoms with van der Waals surface area (Å²) in [6.45, 7) is 6.40. The first kappa shape index (κ1) is 14.2. The Balaban J connectivity index is 2.43. The quantitative estimate of drug-likeness (QED) is 0.929. The largest absolute Gasteiger partial charge is 0.476 e. The Hall–Kier alpha value is -1.21. The Bertz CT molecular complexity index is 613. The van der Waals surface area contributed by atoms with E-state index in [1.165, 1.54) is 0 Å². The molecule has 0 amide bonds. The molecule has 2 rings (SSSR count). The van der Waals surface area contributed by atoms with E-state index in [0.717, 1.165) is 9.35 Å². The summed E-state index contributed by atoms with van der Waals surface area (Å²) in [5.74, 6) is -1.04. The normalized spacial score (nSPS) is 11.8. The third kappa shape index (κ3) is 3.03. The van der Waals surface area contributed by atoms with E-state index in [-0.39, 0.29) is 11.1 Å². The van der Waals surface area contributed by atoms with E-state index in [0.29, 0.717) is 12.2 Å². The fraction of sp³-hybridized carbons (Fsp3) is 0.417. The van der Waals surface area contributed by atoms with Crippen LogP contribution in [0.25, 0.3) is 0 Å². The van der Waals surface area contributed by atoms with Gasteiger partial charge in [-0.2, -0.15) is 0 Å². The molecular weight excluding hydrogens is 330 g/mol. The topological polar surface area (TPSA) is 68.0 Å². The van der Waals surface area contributed by atoms with Crippen LogP contribution >= 0.6 is 27.3 Å². The minimum Gasteiger partial charge on any atom is -0.476 e. The van der Waals surface area contributed by atoms with Crippen LogP contribution in [-0.2, 0) is 12.0 Å². The van der Waals surface area contributed by atoms with E-state index in [2.05, 4.69) is 26.2 Å². The molecule has 0 aliphatic rings. The number of thiophene rings is 1. The highest BCUT2D eigenvalue weighted by Gasteiger charge is 2.29. The highest BCUT2D eigenvalue weighted by atomic mass is 79.9. The highest BCUT2D eigenvalue weighted by molar-refractivity contribution is 9.10. The van der Waals surface area contributed by atoms with Crippen LogP contribution in [0.5, 0.6) is 0 Å². The van der Waals surface area contributed by atoms with Crippen LogP contribution in [0.2, 0.25) is 0 Å². The Labute approximate surface area is 123 Å². The van der Waals surface area contributed by atoms with E-state index >= 15 is 0 Å². The molecule has 2 heterocycles. The Kier molecular flexibility index (Phi) is 3.78. The van der Waals surface area contributed by atoms with Gasteiger partial charge < -0.3 is 5.11 Å². The number of nitrogens with zero attached hydrogens (tertiary/aromatic N) is 3. The lowest BCUT2D eigenvalue weighted by Crippen LogP contribution is -2.22. The molecule has 2 aromatic rings. The third-order valence-electron chi connectivity index (χ3n) is 2.58. The zero-order valence-corrected chi connectivity index (χ0v) is 13.2. The molecule has 0 aromatic carbocycles. The fourth-order valence-electron chi connectivity index (χ4n) is 1.89. The van der Waals surface area contributed by atoms with Crippen LogP contribution in [0.4, 0.5) is 0 Å². The van der Waals surface area contributed by atoms with E-state index in [1.54, 1.807) is 16.0 Å². The van der Waals surface area contributed by atoms with Crippen molar-refractivity contribution in [3.63, 3.8) is 0 Å². The number of hydrogen-bond donors (Lipinski definition) is 1. The Morgan fingerprint density at radius 3 is 2.68 bits per heavy atom. The molecule has 0 bridgehead atoms. The Morgan fingerprint density at radius 2 is 2.21 bits per heavy atom. The first-order valence-electron chi connectivity index (χ1n) is 5.69. The third-order valence-corrected chi connectivity index (χ3v) is 4.26. The van der Waals surface area contributed by atoms with Crippen LogP contribution in [0.1, 0.15) is 41.8 Å². The van der Waals surface area contributed by atoms with Crippen LogP contribution in [0.3, 0.4) is 0 Å². The maximum Gasteiger partial charge on any atom is 0.358 e. The fourth-order valence-corrected chi connectivity index (χ4v) is 3.33. The van der Waals surface area contributed by atoms with E-state index in [1.807, 2.05) is 32.2 Å². The second-order valence-corrected chi connectivity index (χ2v) is 7.14. The van der Waals surface area contributed by atoms with Crippen LogP contribution < -0.4 is 0 Å². The van der Waals surface area contributed by atoms with Gasteiger partial charge in [0.25, 0.3) is 0 Å². The number of hydrogen-bond acceptors (Lipinski definition) is 4. The maximum atomic E-state index is 11.2. The summed E-state index contributed by atoms with van der Waals surface area (Å²) in [6.07, 6.45) is 0. The number of rotatable bonds is 3. The van der Waals surface area contributed by atoms with Gasteiger partial charge in [0, 0.05) is 20.1 Å². The number of carboxylic acid groups (broad SMARTS) is 1. The van der Waals surface area contributed by atoms with E-state index in [4.69, 9.17) is 0 Å². The summed E-state index contributed by atoms with van der Waals surface area (Å²) in [4.78, 5) is 12.3. The first-order chi connectivity index (χ1) is 8.79. The van der Waals surface area contributed by atoms with Gasteiger partial charge in [-0.25, -0.2) is 9.48 Å². The van der Waals surface area contributed by atoms with Crippen molar-refractivity contribution >= 4 is 33.2 Å². The SMILES string of the molecule is CC(C)(C)c1c(C(=O)O)nnn1Cc1cc(Br)cs1. The molecule has 7 heteroatoms. The minimum absolute atomic E-state index is 0.0307. The number of carbonyl (C=O) groups is 1. The van der Waals surface area contributed by atoms with Crippen molar-refractivity contribution in [2.45, 2.75) is 32.7 Å².